The van der Waals surface area contributed by atoms with Gasteiger partial charge in [0.2, 0.25) is 5.16 Å². The highest BCUT2D eigenvalue weighted by atomic mass is 32.2. The molecule has 0 amide bonds. The molecule has 0 aromatic carbocycles. The van der Waals surface area contributed by atoms with Gasteiger partial charge in [-0.15, -0.1) is 5.10 Å². The third-order valence-electron chi connectivity index (χ3n) is 2.48. The maximum atomic E-state index is 5.45. The molecule has 78 valence electrons. The van der Waals surface area contributed by atoms with Crippen molar-refractivity contribution >= 4 is 11.8 Å². The van der Waals surface area contributed by atoms with Gasteiger partial charge in [0.25, 0.3) is 0 Å². The van der Waals surface area contributed by atoms with Crippen molar-refractivity contribution in [2.75, 3.05) is 12.3 Å². The van der Waals surface area contributed by atoms with E-state index in [1.807, 2.05) is 4.68 Å². The van der Waals surface area contributed by atoms with Gasteiger partial charge >= 0.3 is 0 Å². The Labute approximate surface area is 87.4 Å². The van der Waals surface area contributed by atoms with Crippen molar-refractivity contribution in [2.45, 2.75) is 36.9 Å². The van der Waals surface area contributed by atoms with Crippen LogP contribution in [-0.4, -0.2) is 32.5 Å². The number of hydrogen-bond acceptors (Lipinski definition) is 5. The highest BCUT2D eigenvalue weighted by Gasteiger charge is 2.21. The van der Waals surface area contributed by atoms with E-state index in [0.717, 1.165) is 10.9 Å². The first-order valence-corrected chi connectivity index (χ1v) is 6.01. The van der Waals surface area contributed by atoms with Crippen LogP contribution in [0.4, 0.5) is 0 Å². The quantitative estimate of drug-likeness (QED) is 0.750. The predicted molar refractivity (Wildman–Crippen MR) is 55.1 cm³/mol. The van der Waals surface area contributed by atoms with E-state index in [2.05, 4.69) is 15.5 Å². The average Bonchev–Trinajstić information content (AvgIpc) is 2.84. The monoisotopic (exact) mass is 213 g/mol. The minimum absolute atomic E-state index is 0.519. The lowest BCUT2D eigenvalue weighted by molar-refractivity contribution is 0.423. The first kappa shape index (κ1) is 9.92. The molecule has 0 atom stereocenters. The van der Waals surface area contributed by atoms with Gasteiger partial charge in [0, 0.05) is 12.3 Å². The van der Waals surface area contributed by atoms with Crippen LogP contribution >= 0.6 is 11.8 Å². The van der Waals surface area contributed by atoms with Crippen molar-refractivity contribution in [1.82, 2.24) is 20.2 Å². The van der Waals surface area contributed by atoms with E-state index in [0.29, 0.717) is 12.6 Å². The third-order valence-corrected chi connectivity index (χ3v) is 3.45. The summed E-state index contributed by atoms with van der Waals surface area (Å²) in [7, 11) is 0. The number of nitrogens with zero attached hydrogens (tertiary/aromatic N) is 4. The molecule has 0 saturated heterocycles. The van der Waals surface area contributed by atoms with Crippen LogP contribution in [0.5, 0.6) is 0 Å². The Kier molecular flexibility index (Phi) is 3.36. The molecule has 1 heterocycles. The molecule has 0 spiro atoms. The van der Waals surface area contributed by atoms with Crippen molar-refractivity contribution < 1.29 is 0 Å². The molecular weight excluding hydrogens is 198 g/mol. The molecule has 14 heavy (non-hydrogen) atoms. The fraction of sp³-hybridized carbons (Fsp3) is 0.875. The van der Waals surface area contributed by atoms with Crippen LogP contribution in [-0.2, 0) is 0 Å². The molecule has 5 nitrogen and oxygen atoms in total. The number of thioether (sulfide) groups is 1. The second-order valence-electron chi connectivity index (χ2n) is 3.48. The van der Waals surface area contributed by atoms with Crippen molar-refractivity contribution in [3.05, 3.63) is 0 Å². The summed E-state index contributed by atoms with van der Waals surface area (Å²) in [5.41, 5.74) is 5.45. The van der Waals surface area contributed by atoms with Crippen LogP contribution in [0.15, 0.2) is 5.16 Å². The van der Waals surface area contributed by atoms with Gasteiger partial charge in [0.05, 0.1) is 6.04 Å². The Morgan fingerprint density at radius 1 is 1.43 bits per heavy atom. The number of rotatable bonds is 4. The number of hydrogen-bond donors (Lipinski definition) is 1. The Morgan fingerprint density at radius 2 is 2.21 bits per heavy atom. The maximum absolute atomic E-state index is 5.45. The number of tetrazole rings is 1. The molecule has 0 bridgehead atoms. The van der Waals surface area contributed by atoms with Gasteiger partial charge in [-0.1, -0.05) is 24.6 Å². The average molecular weight is 213 g/mol. The first-order chi connectivity index (χ1) is 6.92. The Hall–Kier alpha value is -0.620. The molecule has 0 radical (unpaired) electrons. The lowest BCUT2D eigenvalue weighted by Gasteiger charge is -2.09. The molecule has 1 aliphatic rings. The molecule has 1 aromatic rings. The molecule has 0 unspecified atom stereocenters. The van der Waals surface area contributed by atoms with Crippen LogP contribution in [0.25, 0.3) is 0 Å². The fourth-order valence-electron chi connectivity index (χ4n) is 1.81. The van der Waals surface area contributed by atoms with Gasteiger partial charge in [-0.25, -0.2) is 4.68 Å². The summed E-state index contributed by atoms with van der Waals surface area (Å²) >= 11 is 1.64. The predicted octanol–water partition coefficient (Wildman–Crippen LogP) is 0.839. The molecular formula is C8H15N5S. The fourth-order valence-corrected chi connectivity index (χ4v) is 2.52. The van der Waals surface area contributed by atoms with E-state index in [4.69, 9.17) is 5.73 Å². The minimum atomic E-state index is 0.519. The van der Waals surface area contributed by atoms with Crippen molar-refractivity contribution in [3.63, 3.8) is 0 Å². The normalized spacial score (nSPS) is 17.8. The molecule has 1 aromatic heterocycles. The van der Waals surface area contributed by atoms with Crippen molar-refractivity contribution in [3.8, 4) is 0 Å². The Bertz CT molecular complexity index is 281. The van der Waals surface area contributed by atoms with Gasteiger partial charge in [0.1, 0.15) is 0 Å². The van der Waals surface area contributed by atoms with Crippen LogP contribution in [0, 0.1) is 0 Å². The van der Waals surface area contributed by atoms with Crippen LogP contribution in [0.3, 0.4) is 0 Å². The lowest BCUT2D eigenvalue weighted by atomic mass is 10.3. The summed E-state index contributed by atoms with van der Waals surface area (Å²) in [6, 6.07) is 0.519. The minimum Gasteiger partial charge on any atom is -0.330 e. The largest absolute Gasteiger partial charge is 0.330 e. The molecule has 1 saturated carbocycles. The van der Waals surface area contributed by atoms with E-state index in [-0.39, 0.29) is 0 Å². The first-order valence-electron chi connectivity index (χ1n) is 5.02. The molecule has 2 rings (SSSR count). The Morgan fingerprint density at radius 3 is 2.93 bits per heavy atom. The second-order valence-corrected chi connectivity index (χ2v) is 4.54. The van der Waals surface area contributed by atoms with Crippen molar-refractivity contribution in [1.29, 1.82) is 0 Å². The van der Waals surface area contributed by atoms with Crippen LogP contribution in [0.2, 0.25) is 0 Å². The summed E-state index contributed by atoms with van der Waals surface area (Å²) in [4.78, 5) is 0. The number of aromatic nitrogens is 4. The second kappa shape index (κ2) is 4.75. The summed E-state index contributed by atoms with van der Waals surface area (Å²) < 4.78 is 1.97. The zero-order valence-electron chi connectivity index (χ0n) is 8.09. The molecule has 1 fully saturated rings. The van der Waals surface area contributed by atoms with Gasteiger partial charge < -0.3 is 5.73 Å². The Balaban J connectivity index is 2.04. The highest BCUT2D eigenvalue weighted by molar-refractivity contribution is 7.99. The van der Waals surface area contributed by atoms with Crippen LogP contribution in [0.1, 0.15) is 31.7 Å². The molecule has 6 heteroatoms. The standard InChI is InChI=1S/C8H15N5S/c9-5-6-14-8-10-11-12-13(8)7-3-1-2-4-7/h7H,1-6,9H2. The topological polar surface area (TPSA) is 69.6 Å². The zero-order chi connectivity index (χ0) is 9.80. The zero-order valence-corrected chi connectivity index (χ0v) is 8.91. The van der Waals surface area contributed by atoms with E-state index < -0.39 is 0 Å². The molecule has 2 N–H and O–H groups in total. The third kappa shape index (κ3) is 2.06. The van der Waals surface area contributed by atoms with Gasteiger partial charge in [0.15, 0.2) is 0 Å². The van der Waals surface area contributed by atoms with E-state index >= 15 is 0 Å². The lowest BCUT2D eigenvalue weighted by Crippen LogP contribution is -2.09. The molecule has 0 aliphatic heterocycles. The van der Waals surface area contributed by atoms with Crippen molar-refractivity contribution in [2.24, 2.45) is 5.73 Å². The van der Waals surface area contributed by atoms with Gasteiger partial charge in [-0.2, -0.15) is 0 Å². The van der Waals surface area contributed by atoms with E-state index in [1.165, 1.54) is 25.7 Å². The summed E-state index contributed by atoms with van der Waals surface area (Å²) in [6.07, 6.45) is 5.01. The van der Waals surface area contributed by atoms with Crippen LogP contribution < -0.4 is 5.73 Å². The summed E-state index contributed by atoms with van der Waals surface area (Å²) in [6.45, 7) is 0.669. The van der Waals surface area contributed by atoms with E-state index in [1.54, 1.807) is 11.8 Å². The highest BCUT2D eigenvalue weighted by Crippen LogP contribution is 2.31. The van der Waals surface area contributed by atoms with Gasteiger partial charge in [-0.3, -0.25) is 0 Å². The van der Waals surface area contributed by atoms with Gasteiger partial charge in [-0.05, 0) is 23.3 Å². The SMILES string of the molecule is NCCSc1nnnn1C1CCCC1. The maximum Gasteiger partial charge on any atom is 0.209 e. The van der Waals surface area contributed by atoms with E-state index in [9.17, 15) is 0 Å². The number of nitrogens with two attached hydrogens (primary N) is 1. The summed E-state index contributed by atoms with van der Waals surface area (Å²) in [5.74, 6) is 0.882. The molecule has 1 aliphatic carbocycles. The smallest absolute Gasteiger partial charge is 0.209 e. The summed E-state index contributed by atoms with van der Waals surface area (Å²) in [5, 5.41) is 12.7.